The Bertz CT molecular complexity index is 805. The molecule has 0 fully saturated rings. The van der Waals surface area contributed by atoms with Crippen LogP contribution >= 0.6 is 0 Å². The van der Waals surface area contributed by atoms with E-state index >= 15 is 0 Å². The average molecular weight is 276 g/mol. The second-order valence-corrected chi connectivity index (χ2v) is 4.87. The van der Waals surface area contributed by atoms with Crippen LogP contribution in [-0.2, 0) is 0 Å². The van der Waals surface area contributed by atoms with Crippen molar-refractivity contribution >= 4 is 28.1 Å². The Hall–Kier alpha value is -2.88. The van der Waals surface area contributed by atoms with Gasteiger partial charge in [-0.25, -0.2) is 0 Å². The molecule has 0 saturated carbocycles. The number of anilines is 2. The Balaban J connectivity index is 2.10. The van der Waals surface area contributed by atoms with Crippen LogP contribution in [0.3, 0.4) is 0 Å². The summed E-state index contributed by atoms with van der Waals surface area (Å²) in [6.07, 6.45) is 1.81. The molecule has 3 aromatic rings. The summed E-state index contributed by atoms with van der Waals surface area (Å²) in [7, 11) is 2.00. The fourth-order valence-electron chi connectivity index (χ4n) is 2.39. The molecule has 4 heteroatoms. The van der Waals surface area contributed by atoms with Crippen molar-refractivity contribution in [3.8, 4) is 0 Å². The maximum absolute atomic E-state index is 7.56. The van der Waals surface area contributed by atoms with Gasteiger partial charge >= 0.3 is 0 Å². The largest absolute Gasteiger partial charge is 0.384 e. The predicted molar refractivity (Wildman–Crippen MR) is 87.3 cm³/mol. The van der Waals surface area contributed by atoms with Gasteiger partial charge in [0.1, 0.15) is 5.84 Å². The van der Waals surface area contributed by atoms with E-state index in [1.54, 1.807) is 0 Å². The third-order valence-electron chi connectivity index (χ3n) is 3.53. The van der Waals surface area contributed by atoms with Crippen molar-refractivity contribution in [2.75, 3.05) is 11.9 Å². The zero-order valence-electron chi connectivity index (χ0n) is 11.7. The van der Waals surface area contributed by atoms with Crippen LogP contribution in [0.1, 0.15) is 5.56 Å². The van der Waals surface area contributed by atoms with Crippen LogP contribution in [0.5, 0.6) is 0 Å². The third-order valence-corrected chi connectivity index (χ3v) is 3.53. The van der Waals surface area contributed by atoms with Gasteiger partial charge in [0, 0.05) is 29.9 Å². The minimum absolute atomic E-state index is 0.0739. The van der Waals surface area contributed by atoms with E-state index < -0.39 is 0 Å². The van der Waals surface area contributed by atoms with Crippen molar-refractivity contribution in [2.45, 2.75) is 0 Å². The van der Waals surface area contributed by atoms with Crippen molar-refractivity contribution < 1.29 is 0 Å². The molecule has 0 amide bonds. The number of nitrogens with two attached hydrogens (primary N) is 1. The van der Waals surface area contributed by atoms with Crippen LogP contribution in [0, 0.1) is 5.41 Å². The van der Waals surface area contributed by atoms with Gasteiger partial charge in [0.2, 0.25) is 0 Å². The molecule has 0 radical (unpaired) electrons. The molecule has 1 aromatic heterocycles. The van der Waals surface area contributed by atoms with Crippen molar-refractivity contribution in [3.63, 3.8) is 0 Å². The summed E-state index contributed by atoms with van der Waals surface area (Å²) >= 11 is 0. The highest BCUT2D eigenvalue weighted by Gasteiger charge is 2.09. The van der Waals surface area contributed by atoms with Crippen molar-refractivity contribution in [2.24, 2.45) is 5.73 Å². The first kappa shape index (κ1) is 13.1. The summed E-state index contributed by atoms with van der Waals surface area (Å²) in [6.45, 7) is 0. The molecule has 0 aliphatic heterocycles. The lowest BCUT2D eigenvalue weighted by molar-refractivity contribution is 1.21. The predicted octanol–water partition coefficient (Wildman–Crippen LogP) is 3.29. The van der Waals surface area contributed by atoms with Crippen LogP contribution in [-0.4, -0.2) is 17.9 Å². The number of amidine groups is 1. The Morgan fingerprint density at radius 1 is 1.10 bits per heavy atom. The molecule has 3 N–H and O–H groups in total. The molecule has 2 aromatic carbocycles. The first-order valence-corrected chi connectivity index (χ1v) is 6.69. The lowest BCUT2D eigenvalue weighted by Gasteiger charge is -2.21. The number of hydrogen-bond donors (Lipinski definition) is 2. The van der Waals surface area contributed by atoms with Gasteiger partial charge in [-0.1, -0.05) is 30.3 Å². The molecule has 0 aliphatic carbocycles. The average Bonchev–Trinajstić information content (AvgIpc) is 2.53. The second kappa shape index (κ2) is 5.25. The maximum atomic E-state index is 7.56. The highest BCUT2D eigenvalue weighted by molar-refractivity contribution is 5.97. The molecule has 21 heavy (non-hydrogen) atoms. The summed E-state index contributed by atoms with van der Waals surface area (Å²) in [5.41, 5.74) is 9.31. The summed E-state index contributed by atoms with van der Waals surface area (Å²) in [6, 6.07) is 17.7. The quantitative estimate of drug-likeness (QED) is 0.570. The molecule has 3 rings (SSSR count). The van der Waals surface area contributed by atoms with E-state index in [2.05, 4.69) is 16.0 Å². The van der Waals surface area contributed by atoms with Crippen LogP contribution in [0.25, 0.3) is 10.9 Å². The SMILES string of the molecule is CN(c1cccc(C(=N)N)c1)c1ccnc2ccccc12. The lowest BCUT2D eigenvalue weighted by Crippen LogP contribution is -2.14. The first-order chi connectivity index (χ1) is 10.2. The van der Waals surface area contributed by atoms with Gasteiger partial charge in [-0.15, -0.1) is 0 Å². The number of nitrogen functional groups attached to an aromatic ring is 1. The van der Waals surface area contributed by atoms with Crippen LogP contribution in [0.15, 0.2) is 60.8 Å². The molecule has 0 bridgehead atoms. The Morgan fingerprint density at radius 3 is 2.71 bits per heavy atom. The normalized spacial score (nSPS) is 10.5. The van der Waals surface area contributed by atoms with E-state index in [4.69, 9.17) is 11.1 Å². The highest BCUT2D eigenvalue weighted by atomic mass is 15.1. The molecule has 1 heterocycles. The summed E-state index contributed by atoms with van der Waals surface area (Å²) in [5, 5.41) is 8.65. The van der Waals surface area contributed by atoms with Gasteiger partial charge in [-0.3, -0.25) is 10.4 Å². The molecule has 0 saturated heterocycles. The molecular weight excluding hydrogens is 260 g/mol. The maximum Gasteiger partial charge on any atom is 0.122 e. The molecule has 0 unspecified atom stereocenters. The number of rotatable bonds is 3. The van der Waals surface area contributed by atoms with Gasteiger partial charge in [-0.2, -0.15) is 0 Å². The van der Waals surface area contributed by atoms with Gasteiger partial charge in [0.15, 0.2) is 0 Å². The van der Waals surface area contributed by atoms with Crippen LogP contribution in [0.4, 0.5) is 11.4 Å². The minimum Gasteiger partial charge on any atom is -0.384 e. The van der Waals surface area contributed by atoms with E-state index in [9.17, 15) is 0 Å². The van der Waals surface area contributed by atoms with E-state index in [1.807, 2.05) is 61.8 Å². The number of benzene rings is 2. The smallest absolute Gasteiger partial charge is 0.122 e. The monoisotopic (exact) mass is 276 g/mol. The Morgan fingerprint density at radius 2 is 1.90 bits per heavy atom. The van der Waals surface area contributed by atoms with Crippen molar-refractivity contribution in [3.05, 3.63) is 66.4 Å². The molecule has 104 valence electrons. The number of nitrogens with one attached hydrogen (secondary N) is 1. The Kier molecular flexibility index (Phi) is 3.28. The van der Waals surface area contributed by atoms with E-state index in [1.165, 1.54) is 0 Å². The third kappa shape index (κ3) is 2.43. The van der Waals surface area contributed by atoms with Crippen LogP contribution < -0.4 is 10.6 Å². The van der Waals surface area contributed by atoms with Gasteiger partial charge in [0.05, 0.1) is 11.2 Å². The van der Waals surface area contributed by atoms with Crippen molar-refractivity contribution in [1.29, 1.82) is 5.41 Å². The second-order valence-electron chi connectivity index (χ2n) is 4.87. The minimum atomic E-state index is 0.0739. The molecule has 0 atom stereocenters. The summed E-state index contributed by atoms with van der Waals surface area (Å²) in [4.78, 5) is 6.46. The Labute approximate surface area is 123 Å². The van der Waals surface area contributed by atoms with Gasteiger partial charge in [-0.05, 0) is 24.3 Å². The standard InChI is InChI=1S/C17H16N4/c1-21(13-6-4-5-12(11-13)17(18)19)16-9-10-20-15-8-3-2-7-14(15)16/h2-11H,1H3,(H3,18,19). The number of aromatic nitrogens is 1. The van der Waals surface area contributed by atoms with Gasteiger partial charge < -0.3 is 10.6 Å². The highest BCUT2D eigenvalue weighted by Crippen LogP contribution is 2.30. The lowest BCUT2D eigenvalue weighted by atomic mass is 10.1. The number of hydrogen-bond acceptors (Lipinski definition) is 3. The fraction of sp³-hybridized carbons (Fsp3) is 0.0588. The van der Waals surface area contributed by atoms with Gasteiger partial charge in [0.25, 0.3) is 0 Å². The molecule has 0 aliphatic rings. The molecular formula is C17H16N4. The van der Waals surface area contributed by atoms with E-state index in [0.29, 0.717) is 0 Å². The van der Waals surface area contributed by atoms with Crippen LogP contribution in [0.2, 0.25) is 0 Å². The summed E-state index contributed by atoms with van der Waals surface area (Å²) in [5.74, 6) is 0.0739. The fourth-order valence-corrected chi connectivity index (χ4v) is 2.39. The molecule has 4 nitrogen and oxygen atoms in total. The number of nitrogens with zero attached hydrogens (tertiary/aromatic N) is 2. The van der Waals surface area contributed by atoms with E-state index in [0.717, 1.165) is 27.8 Å². The topological polar surface area (TPSA) is 66.0 Å². The first-order valence-electron chi connectivity index (χ1n) is 6.69. The molecule has 0 spiro atoms. The summed E-state index contributed by atoms with van der Waals surface area (Å²) < 4.78 is 0. The van der Waals surface area contributed by atoms with Crippen molar-refractivity contribution in [1.82, 2.24) is 4.98 Å². The number of para-hydroxylation sites is 1. The van der Waals surface area contributed by atoms with E-state index in [-0.39, 0.29) is 5.84 Å². The number of pyridine rings is 1. The number of fused-ring (bicyclic) bond motifs is 1. The zero-order chi connectivity index (χ0) is 14.8. The zero-order valence-corrected chi connectivity index (χ0v) is 11.7.